The molecule has 0 saturated heterocycles. The standard InChI is InChI=1S/C46H39BN2/c1-45(2,3)31-18-21-33(22-19-31)49-39-23-20-32(46(4,5)6)27-37(39)42-34-15-10-9-14-30(34)26-41-43(42)47(49)38-17-11-16-35-36-24-28-12-7-8-13-29(28)25-40(36)48(41)44(35)38/h7-27H,1-6H3. The summed E-state index contributed by atoms with van der Waals surface area (Å²) >= 11 is 0. The van der Waals surface area contributed by atoms with Gasteiger partial charge < -0.3 is 9.38 Å². The van der Waals surface area contributed by atoms with Crippen molar-refractivity contribution >= 4 is 72.5 Å². The molecule has 0 fully saturated rings. The van der Waals surface area contributed by atoms with Gasteiger partial charge in [-0.3, -0.25) is 0 Å². The van der Waals surface area contributed by atoms with Crippen LogP contribution in [0.2, 0.25) is 0 Å². The Morgan fingerprint density at radius 1 is 0.510 bits per heavy atom. The minimum atomic E-state index is 0.0120. The van der Waals surface area contributed by atoms with Gasteiger partial charge in [0.05, 0.1) is 11.0 Å². The van der Waals surface area contributed by atoms with Crippen molar-refractivity contribution in [3.05, 3.63) is 139 Å². The fourth-order valence-corrected chi connectivity index (χ4v) is 8.74. The van der Waals surface area contributed by atoms with Gasteiger partial charge in [-0.1, -0.05) is 126 Å². The van der Waals surface area contributed by atoms with Crippen LogP contribution in [0.3, 0.4) is 0 Å². The second kappa shape index (κ2) is 9.67. The summed E-state index contributed by atoms with van der Waals surface area (Å²) in [5, 5.41) is 7.77. The first-order chi connectivity index (χ1) is 23.6. The predicted molar refractivity (Wildman–Crippen MR) is 212 cm³/mol. The molecule has 2 aliphatic heterocycles. The van der Waals surface area contributed by atoms with Gasteiger partial charge in [0.25, 0.3) is 0 Å². The van der Waals surface area contributed by atoms with Crippen LogP contribution >= 0.6 is 0 Å². The Balaban J connectivity index is 1.39. The Morgan fingerprint density at radius 2 is 1.16 bits per heavy atom. The number of nitrogens with zero attached hydrogens (tertiary/aromatic N) is 2. The molecule has 0 amide bonds. The third-order valence-corrected chi connectivity index (χ3v) is 11.2. The van der Waals surface area contributed by atoms with E-state index in [1.54, 1.807) is 0 Å². The van der Waals surface area contributed by atoms with Gasteiger partial charge in [-0.15, -0.1) is 0 Å². The Hall–Kier alpha value is -5.28. The van der Waals surface area contributed by atoms with Crippen LogP contribution in [-0.4, -0.2) is 11.4 Å². The lowest BCUT2D eigenvalue weighted by Crippen LogP contribution is -2.60. The predicted octanol–water partition coefficient (Wildman–Crippen LogP) is 10.9. The highest BCUT2D eigenvalue weighted by Gasteiger charge is 2.44. The molecule has 8 aromatic rings. The minimum absolute atomic E-state index is 0.0120. The number of para-hydroxylation sites is 1. The number of rotatable bonds is 1. The molecule has 7 aromatic carbocycles. The molecule has 1 aromatic heterocycles. The summed E-state index contributed by atoms with van der Waals surface area (Å²) in [5.41, 5.74) is 14.6. The average Bonchev–Trinajstić information content (AvgIpc) is 3.41. The highest BCUT2D eigenvalue weighted by atomic mass is 15.1. The second-order valence-corrected chi connectivity index (χ2v) is 16.3. The van der Waals surface area contributed by atoms with Gasteiger partial charge >= 0.3 is 6.85 Å². The molecule has 2 aliphatic rings. The third-order valence-electron chi connectivity index (χ3n) is 11.2. The van der Waals surface area contributed by atoms with Crippen molar-refractivity contribution in [2.75, 3.05) is 4.81 Å². The molecule has 3 heterocycles. The second-order valence-electron chi connectivity index (χ2n) is 16.3. The van der Waals surface area contributed by atoms with Gasteiger partial charge in [-0.25, -0.2) is 0 Å². The Kier molecular flexibility index (Phi) is 5.66. The zero-order chi connectivity index (χ0) is 33.4. The number of anilines is 2. The van der Waals surface area contributed by atoms with Crippen molar-refractivity contribution in [2.24, 2.45) is 0 Å². The van der Waals surface area contributed by atoms with E-state index in [4.69, 9.17) is 0 Å². The average molecular weight is 631 g/mol. The topological polar surface area (TPSA) is 8.17 Å². The number of benzene rings is 7. The first-order valence-corrected chi connectivity index (χ1v) is 17.6. The molecule has 0 unspecified atom stereocenters. The smallest absolute Gasteiger partial charge is 0.333 e. The molecule has 0 radical (unpaired) electrons. The molecule has 3 heteroatoms. The van der Waals surface area contributed by atoms with E-state index in [2.05, 4.69) is 178 Å². The van der Waals surface area contributed by atoms with Crippen molar-refractivity contribution in [3.8, 4) is 16.8 Å². The number of hydrogen-bond acceptors (Lipinski definition) is 1. The van der Waals surface area contributed by atoms with Crippen LogP contribution in [0.5, 0.6) is 0 Å². The Bertz CT molecular complexity index is 2680. The van der Waals surface area contributed by atoms with Crippen molar-refractivity contribution in [3.63, 3.8) is 0 Å². The van der Waals surface area contributed by atoms with Gasteiger partial charge in [0.2, 0.25) is 0 Å². The summed E-state index contributed by atoms with van der Waals surface area (Å²) in [5.74, 6) is 0. The molecule has 2 nitrogen and oxygen atoms in total. The van der Waals surface area contributed by atoms with Crippen molar-refractivity contribution < 1.29 is 0 Å². The summed E-state index contributed by atoms with van der Waals surface area (Å²) in [6.45, 7) is 13.9. The zero-order valence-electron chi connectivity index (χ0n) is 29.1. The first kappa shape index (κ1) is 28.7. The Labute approximate surface area is 288 Å². The van der Waals surface area contributed by atoms with Crippen LogP contribution in [0.1, 0.15) is 52.7 Å². The van der Waals surface area contributed by atoms with Crippen LogP contribution < -0.4 is 15.7 Å². The quantitative estimate of drug-likeness (QED) is 0.164. The zero-order valence-corrected chi connectivity index (χ0v) is 29.1. The SMILES string of the molecule is CC(C)(C)c1ccc(N2B3c4c(cc5ccccc5c4-c4cc(C(C)(C)C)ccc42)-n2c4cc5ccccc5cc4c4cccc3c42)cc1. The lowest BCUT2D eigenvalue weighted by atomic mass is 9.43. The maximum atomic E-state index is 2.64. The van der Waals surface area contributed by atoms with Gasteiger partial charge in [-0.2, -0.15) is 0 Å². The van der Waals surface area contributed by atoms with Crippen molar-refractivity contribution in [1.29, 1.82) is 0 Å². The monoisotopic (exact) mass is 630 g/mol. The summed E-state index contributed by atoms with van der Waals surface area (Å²) in [6, 6.07) is 48.7. The molecule has 0 atom stereocenters. The highest BCUT2D eigenvalue weighted by molar-refractivity contribution is 6.94. The van der Waals surface area contributed by atoms with E-state index in [1.807, 2.05) is 0 Å². The fourth-order valence-electron chi connectivity index (χ4n) is 8.74. The molecule has 49 heavy (non-hydrogen) atoms. The van der Waals surface area contributed by atoms with Crippen molar-refractivity contribution in [2.45, 2.75) is 52.4 Å². The van der Waals surface area contributed by atoms with Crippen LogP contribution in [-0.2, 0) is 10.8 Å². The molecule has 10 rings (SSSR count). The lowest BCUT2D eigenvalue weighted by molar-refractivity contribution is 0.590. The van der Waals surface area contributed by atoms with Crippen LogP contribution in [0.25, 0.3) is 60.2 Å². The van der Waals surface area contributed by atoms with Gasteiger partial charge in [0.1, 0.15) is 0 Å². The largest absolute Gasteiger partial charge is 0.376 e. The van der Waals surface area contributed by atoms with E-state index in [0.717, 1.165) is 0 Å². The summed E-state index contributed by atoms with van der Waals surface area (Å²) < 4.78 is 2.59. The fraction of sp³-hybridized carbons (Fsp3) is 0.174. The molecular formula is C46H39BN2. The summed E-state index contributed by atoms with van der Waals surface area (Å²) in [4.78, 5) is 2.64. The van der Waals surface area contributed by atoms with Gasteiger partial charge in [0, 0.05) is 33.4 Å². The minimum Gasteiger partial charge on any atom is -0.376 e. The van der Waals surface area contributed by atoms with Crippen LogP contribution in [0.15, 0.2) is 127 Å². The van der Waals surface area contributed by atoms with E-state index in [0.29, 0.717) is 0 Å². The normalized spacial score (nSPS) is 13.8. The van der Waals surface area contributed by atoms with Crippen molar-refractivity contribution in [1.82, 2.24) is 4.57 Å². The maximum absolute atomic E-state index is 2.64. The van der Waals surface area contributed by atoms with Gasteiger partial charge in [-0.05, 0) is 102 Å². The molecule has 0 spiro atoms. The number of fused-ring (bicyclic) bond motifs is 10. The molecule has 0 N–H and O–H groups in total. The van der Waals surface area contributed by atoms with Crippen LogP contribution in [0.4, 0.5) is 11.4 Å². The maximum Gasteiger partial charge on any atom is 0.333 e. The van der Waals surface area contributed by atoms with E-state index in [9.17, 15) is 0 Å². The Morgan fingerprint density at radius 3 is 1.90 bits per heavy atom. The molecule has 0 saturated carbocycles. The first-order valence-electron chi connectivity index (χ1n) is 17.6. The van der Waals surface area contributed by atoms with E-state index >= 15 is 0 Å². The lowest BCUT2D eigenvalue weighted by Gasteiger charge is -2.43. The molecule has 0 aliphatic carbocycles. The highest BCUT2D eigenvalue weighted by Crippen LogP contribution is 2.48. The molecule has 236 valence electrons. The summed E-state index contributed by atoms with van der Waals surface area (Å²) in [7, 11) is 0. The van der Waals surface area contributed by atoms with E-state index in [1.165, 1.54) is 93.6 Å². The van der Waals surface area contributed by atoms with E-state index in [-0.39, 0.29) is 17.7 Å². The molecule has 0 bridgehead atoms. The van der Waals surface area contributed by atoms with Gasteiger partial charge in [0.15, 0.2) is 0 Å². The molecular weight excluding hydrogens is 591 g/mol. The summed E-state index contributed by atoms with van der Waals surface area (Å²) in [6.07, 6.45) is 0. The number of aromatic nitrogens is 1. The number of hydrogen-bond donors (Lipinski definition) is 0. The third kappa shape index (κ3) is 3.96. The van der Waals surface area contributed by atoms with Crippen LogP contribution in [0, 0.1) is 0 Å². The van der Waals surface area contributed by atoms with E-state index < -0.39 is 0 Å².